The second-order valence-corrected chi connectivity index (χ2v) is 16.2. The molecule has 2 fully saturated rings. The lowest BCUT2D eigenvalue weighted by molar-refractivity contribution is -0.115. The van der Waals surface area contributed by atoms with Gasteiger partial charge in [0.15, 0.2) is 0 Å². The zero-order chi connectivity index (χ0) is 40.0. The van der Waals surface area contributed by atoms with E-state index in [1.54, 1.807) is 47.1 Å². The number of rotatable bonds is 8. The average molecular weight is 802 g/mol. The van der Waals surface area contributed by atoms with Crippen LogP contribution < -0.4 is 27.1 Å². The number of carbonyl (C=O) groups is 3. The number of aromatic nitrogens is 1. The molecule has 3 amide bonds. The highest BCUT2D eigenvalue weighted by atomic mass is 35.5. The van der Waals surface area contributed by atoms with E-state index in [1.807, 2.05) is 26.0 Å². The third kappa shape index (κ3) is 7.88. The van der Waals surface area contributed by atoms with Gasteiger partial charge in [-0.25, -0.2) is 0 Å². The Hall–Kier alpha value is -4.88. The van der Waals surface area contributed by atoms with Crippen molar-refractivity contribution < 1.29 is 24.2 Å². The predicted molar refractivity (Wildman–Crippen MR) is 216 cm³/mol. The molecule has 0 bridgehead atoms. The largest absolute Gasteiger partial charge is 0.508 e. The van der Waals surface area contributed by atoms with Crippen molar-refractivity contribution in [1.29, 1.82) is 0 Å². The molecule has 2 saturated heterocycles. The molecule has 4 aromatic rings. The molecule has 0 unspecified atom stereocenters. The summed E-state index contributed by atoms with van der Waals surface area (Å²) in [6.07, 6.45) is 4.08. The molecule has 7 rings (SSSR count). The minimum absolute atomic E-state index is 0.00219. The number of phenols is 1. The highest BCUT2D eigenvalue weighted by molar-refractivity contribution is 6.31. The number of pyridine rings is 1. The fraction of sp³-hybridized carbons (Fsp3) is 0.381. The highest BCUT2D eigenvalue weighted by Crippen LogP contribution is 2.43. The number of piperidine rings is 2. The molecule has 12 nitrogen and oxygen atoms in total. The first-order chi connectivity index (χ1) is 26.7. The van der Waals surface area contributed by atoms with Crippen molar-refractivity contribution in [2.75, 3.05) is 31.5 Å². The number of anilines is 1. The highest BCUT2D eigenvalue weighted by Gasteiger charge is 2.33. The number of phenolic OH excluding ortho intramolecular Hbond substituents is 1. The number of aromatic hydroxyl groups is 1. The first-order valence-electron chi connectivity index (χ1n) is 18.9. The Labute approximate surface area is 335 Å². The normalized spacial score (nSPS) is 17.4. The Morgan fingerprint density at radius 3 is 1.91 bits per heavy atom. The monoisotopic (exact) mass is 800 g/mol. The van der Waals surface area contributed by atoms with Crippen LogP contribution >= 0.6 is 23.2 Å². The fourth-order valence-electron chi connectivity index (χ4n) is 8.11. The number of likely N-dealkylation sites (tertiary alicyclic amines) is 2. The van der Waals surface area contributed by atoms with Gasteiger partial charge in [0.25, 0.3) is 17.4 Å². The Kier molecular flexibility index (Phi) is 11.2. The topological polar surface area (TPSA) is 184 Å². The lowest BCUT2D eigenvalue weighted by atomic mass is 9.85. The predicted octanol–water partition coefficient (Wildman–Crippen LogP) is 6.70. The molecule has 3 aromatic carbocycles. The van der Waals surface area contributed by atoms with Crippen LogP contribution in [0.5, 0.6) is 17.2 Å². The molecular weight excluding hydrogens is 755 g/mol. The van der Waals surface area contributed by atoms with E-state index in [9.17, 15) is 24.3 Å². The molecule has 0 radical (unpaired) electrons. The third-order valence-electron chi connectivity index (χ3n) is 11.6. The van der Waals surface area contributed by atoms with Crippen molar-refractivity contribution in [3.63, 3.8) is 0 Å². The first-order valence-corrected chi connectivity index (χ1v) is 19.7. The Morgan fingerprint density at radius 2 is 1.30 bits per heavy atom. The molecule has 56 heavy (non-hydrogen) atoms. The van der Waals surface area contributed by atoms with Gasteiger partial charge in [0, 0.05) is 88.0 Å². The summed E-state index contributed by atoms with van der Waals surface area (Å²) in [5.41, 5.74) is 18.6. The zero-order valence-electron chi connectivity index (χ0n) is 31.6. The molecule has 294 valence electrons. The Morgan fingerprint density at radius 1 is 0.750 bits per heavy atom. The molecular formula is C42H46Cl2N6O6. The van der Waals surface area contributed by atoms with E-state index in [0.29, 0.717) is 112 Å². The molecule has 1 aromatic heterocycles. The minimum Gasteiger partial charge on any atom is -0.508 e. The van der Waals surface area contributed by atoms with Gasteiger partial charge in [-0.2, -0.15) is 0 Å². The summed E-state index contributed by atoms with van der Waals surface area (Å²) < 4.78 is 6.65. The van der Waals surface area contributed by atoms with Crippen molar-refractivity contribution in [2.24, 2.45) is 23.3 Å². The number of hydrogen-bond donors (Lipinski definition) is 5. The van der Waals surface area contributed by atoms with E-state index in [2.05, 4.69) is 10.3 Å². The van der Waals surface area contributed by atoms with Crippen LogP contribution in [-0.2, 0) is 11.2 Å². The maximum atomic E-state index is 14.0. The number of amides is 3. The number of aromatic amines is 1. The standard InChI is InChI=1S/C42H46Cl2N6O6/c1-21-13-34(51)29(17-31(21)43)38(45)24-4-8-49(9-5-24)41(54)26-15-33-28(19-37(52)48-33)36(16-26)56-35-14-22(2)32(44)18-30(35)39(46)25-6-10-50(11-7-25)42(55)27-12-23(3)40(53)47-20-27/h12-18,20,24-25,38-39,51H,4-11,19,45-46H2,1-3H3,(H,47,53)(H,48,52)/t38-,39-/m1/s1. The summed E-state index contributed by atoms with van der Waals surface area (Å²) in [5, 5.41) is 14.5. The Bertz CT molecular complexity index is 2280. The molecule has 3 aliphatic rings. The van der Waals surface area contributed by atoms with Gasteiger partial charge < -0.3 is 41.4 Å². The van der Waals surface area contributed by atoms with Crippen LogP contribution in [0.15, 0.2) is 53.5 Å². The maximum absolute atomic E-state index is 14.0. The van der Waals surface area contributed by atoms with Crippen molar-refractivity contribution in [3.05, 3.63) is 114 Å². The first kappa shape index (κ1) is 39.4. The molecule has 2 atom stereocenters. The van der Waals surface area contributed by atoms with Crippen molar-refractivity contribution in [1.82, 2.24) is 14.8 Å². The van der Waals surface area contributed by atoms with E-state index >= 15 is 0 Å². The zero-order valence-corrected chi connectivity index (χ0v) is 33.1. The van der Waals surface area contributed by atoms with Crippen LogP contribution in [0, 0.1) is 32.6 Å². The number of nitrogens with two attached hydrogens (primary N) is 2. The number of nitrogens with one attached hydrogen (secondary N) is 2. The number of nitrogens with zero attached hydrogens (tertiary/aromatic N) is 2. The number of hydrogen-bond acceptors (Lipinski definition) is 8. The third-order valence-corrected chi connectivity index (χ3v) is 12.4. The second kappa shape index (κ2) is 15.9. The van der Waals surface area contributed by atoms with Gasteiger partial charge in [-0.05, 0) is 112 Å². The average Bonchev–Trinajstić information content (AvgIpc) is 3.58. The molecule has 0 spiro atoms. The van der Waals surface area contributed by atoms with Crippen molar-refractivity contribution >= 4 is 46.6 Å². The van der Waals surface area contributed by atoms with Gasteiger partial charge in [0.1, 0.15) is 17.2 Å². The fourth-order valence-corrected chi connectivity index (χ4v) is 8.46. The van der Waals surface area contributed by atoms with Crippen molar-refractivity contribution in [3.8, 4) is 17.2 Å². The second-order valence-electron chi connectivity index (χ2n) is 15.3. The molecule has 3 aliphatic heterocycles. The van der Waals surface area contributed by atoms with Crippen LogP contribution in [0.25, 0.3) is 0 Å². The van der Waals surface area contributed by atoms with Crippen LogP contribution in [-0.4, -0.2) is 63.8 Å². The van der Waals surface area contributed by atoms with Gasteiger partial charge in [-0.15, -0.1) is 0 Å². The van der Waals surface area contributed by atoms with Crippen molar-refractivity contribution in [2.45, 2.75) is 65.0 Å². The van der Waals surface area contributed by atoms with Gasteiger partial charge >= 0.3 is 0 Å². The van der Waals surface area contributed by atoms with E-state index in [-0.39, 0.29) is 47.3 Å². The molecule has 14 heteroatoms. The van der Waals surface area contributed by atoms with Gasteiger partial charge in [0.05, 0.1) is 12.0 Å². The van der Waals surface area contributed by atoms with E-state index in [4.69, 9.17) is 39.4 Å². The number of ether oxygens (including phenoxy) is 1. The Balaban J connectivity index is 1.08. The van der Waals surface area contributed by atoms with Crippen LogP contribution in [0.4, 0.5) is 5.69 Å². The summed E-state index contributed by atoms with van der Waals surface area (Å²) in [6, 6.07) is 11.0. The number of benzene rings is 3. The van der Waals surface area contributed by atoms with Gasteiger partial charge in [-0.1, -0.05) is 23.2 Å². The number of halogens is 2. The lowest BCUT2D eigenvalue weighted by Crippen LogP contribution is -2.41. The van der Waals surface area contributed by atoms with E-state index in [1.165, 1.54) is 6.20 Å². The summed E-state index contributed by atoms with van der Waals surface area (Å²) in [4.78, 5) is 57.9. The summed E-state index contributed by atoms with van der Waals surface area (Å²) in [5.74, 6) is 0.447. The van der Waals surface area contributed by atoms with Crippen LogP contribution in [0.3, 0.4) is 0 Å². The SMILES string of the molecule is Cc1cc(O)c([C@H](N)C2CCN(C(=O)c3cc4c(c(Oc5cc(C)c(Cl)cc5[C@H](N)C5CCN(C(=O)c6c[nH]c(=O)c(C)c6)CC5)c3)CC(=O)N4)CC2)cc1Cl. The number of H-pyrrole nitrogens is 1. The van der Waals surface area contributed by atoms with E-state index in [0.717, 1.165) is 11.1 Å². The maximum Gasteiger partial charge on any atom is 0.255 e. The summed E-state index contributed by atoms with van der Waals surface area (Å²) in [7, 11) is 0. The van der Waals surface area contributed by atoms with Gasteiger partial charge in [0.2, 0.25) is 5.91 Å². The molecule has 4 heterocycles. The van der Waals surface area contributed by atoms with E-state index < -0.39 is 12.1 Å². The molecule has 7 N–H and O–H groups in total. The molecule has 0 saturated carbocycles. The number of aryl methyl sites for hydroxylation is 3. The minimum atomic E-state index is -0.487. The lowest BCUT2D eigenvalue weighted by Gasteiger charge is -2.35. The summed E-state index contributed by atoms with van der Waals surface area (Å²) >= 11 is 13.0. The number of carbonyl (C=O) groups excluding carboxylic acids is 3. The smallest absolute Gasteiger partial charge is 0.255 e. The van der Waals surface area contributed by atoms with Gasteiger partial charge in [-0.3, -0.25) is 19.2 Å². The molecule has 0 aliphatic carbocycles. The quantitative estimate of drug-likeness (QED) is 0.130. The van der Waals surface area contributed by atoms with Crippen LogP contribution in [0.1, 0.15) is 91.9 Å². The number of fused-ring (bicyclic) bond motifs is 1. The summed E-state index contributed by atoms with van der Waals surface area (Å²) in [6.45, 7) is 7.26. The van der Waals surface area contributed by atoms with Crippen LogP contribution in [0.2, 0.25) is 10.0 Å².